The first-order chi connectivity index (χ1) is 7.38. The predicted octanol–water partition coefficient (Wildman–Crippen LogP) is 3.00. The van der Waals surface area contributed by atoms with Crippen molar-refractivity contribution in [2.24, 2.45) is 0 Å². The van der Waals surface area contributed by atoms with Gasteiger partial charge in [0.1, 0.15) is 5.65 Å². The van der Waals surface area contributed by atoms with Crippen molar-refractivity contribution in [1.29, 1.82) is 0 Å². The third kappa shape index (κ3) is 1.36. The van der Waals surface area contributed by atoms with Crippen LogP contribution in [0.3, 0.4) is 0 Å². The number of H-pyrrole nitrogens is 1. The molecule has 78 valence electrons. The van der Waals surface area contributed by atoms with Crippen LogP contribution < -0.4 is 0 Å². The number of fused-ring (bicyclic) bond motifs is 3. The number of hydrogen-bond donors (Lipinski definition) is 1. The Morgan fingerprint density at radius 1 is 1.33 bits per heavy atom. The standard InChI is InChI=1S/C13H16N2/c1-2-9-7-11-10-5-3-4-6-12(10)15-13(11)14-8-9/h7-8H,2-6H2,1H3,(H,14,15). The van der Waals surface area contributed by atoms with Crippen LogP contribution in [0.1, 0.15) is 36.6 Å². The Bertz CT molecular complexity index is 496. The molecule has 2 aromatic rings. The normalized spacial score (nSPS) is 15.5. The van der Waals surface area contributed by atoms with Crippen molar-refractivity contribution in [3.63, 3.8) is 0 Å². The van der Waals surface area contributed by atoms with Crippen molar-refractivity contribution >= 4 is 11.0 Å². The van der Waals surface area contributed by atoms with E-state index in [4.69, 9.17) is 0 Å². The van der Waals surface area contributed by atoms with E-state index >= 15 is 0 Å². The number of nitrogens with one attached hydrogen (secondary N) is 1. The lowest BCUT2D eigenvalue weighted by Crippen LogP contribution is -2.00. The SMILES string of the molecule is CCc1cnc2[nH]c3c(c2c1)CCCC3. The second-order valence-electron chi connectivity index (χ2n) is 4.38. The molecule has 0 spiro atoms. The highest BCUT2D eigenvalue weighted by Gasteiger charge is 2.15. The van der Waals surface area contributed by atoms with Gasteiger partial charge in [-0.25, -0.2) is 4.98 Å². The lowest BCUT2D eigenvalue weighted by atomic mass is 9.96. The molecule has 2 heteroatoms. The van der Waals surface area contributed by atoms with Crippen LogP contribution in [0.2, 0.25) is 0 Å². The summed E-state index contributed by atoms with van der Waals surface area (Å²) in [6, 6.07) is 2.31. The number of rotatable bonds is 1. The topological polar surface area (TPSA) is 28.7 Å². The minimum absolute atomic E-state index is 1.07. The lowest BCUT2D eigenvalue weighted by Gasteiger charge is -2.10. The van der Waals surface area contributed by atoms with Crippen molar-refractivity contribution in [3.05, 3.63) is 29.1 Å². The molecule has 0 saturated carbocycles. The predicted molar refractivity (Wildman–Crippen MR) is 62.1 cm³/mol. The molecule has 0 bridgehead atoms. The van der Waals surface area contributed by atoms with Crippen molar-refractivity contribution < 1.29 is 0 Å². The Kier molecular flexibility index (Phi) is 2.01. The van der Waals surface area contributed by atoms with Crippen molar-refractivity contribution in [3.8, 4) is 0 Å². The van der Waals surface area contributed by atoms with Gasteiger partial charge in [-0.2, -0.15) is 0 Å². The summed E-state index contributed by atoms with van der Waals surface area (Å²) in [5.41, 5.74) is 5.38. The Hall–Kier alpha value is -1.31. The molecule has 0 amide bonds. The minimum atomic E-state index is 1.07. The molecular formula is C13H16N2. The van der Waals surface area contributed by atoms with Crippen molar-refractivity contribution in [2.45, 2.75) is 39.0 Å². The number of aromatic nitrogens is 2. The largest absolute Gasteiger partial charge is 0.343 e. The van der Waals surface area contributed by atoms with E-state index in [0.29, 0.717) is 0 Å². The van der Waals surface area contributed by atoms with Crippen LogP contribution >= 0.6 is 0 Å². The van der Waals surface area contributed by atoms with Crippen molar-refractivity contribution in [2.75, 3.05) is 0 Å². The van der Waals surface area contributed by atoms with E-state index in [2.05, 4.69) is 23.0 Å². The fraction of sp³-hybridized carbons (Fsp3) is 0.462. The lowest BCUT2D eigenvalue weighted by molar-refractivity contribution is 0.680. The highest BCUT2D eigenvalue weighted by Crippen LogP contribution is 2.28. The summed E-state index contributed by atoms with van der Waals surface area (Å²) in [7, 11) is 0. The van der Waals surface area contributed by atoms with E-state index in [1.165, 1.54) is 47.9 Å². The van der Waals surface area contributed by atoms with E-state index in [-0.39, 0.29) is 0 Å². The number of aromatic amines is 1. The molecule has 0 fully saturated rings. The summed E-state index contributed by atoms with van der Waals surface area (Å²) < 4.78 is 0. The van der Waals surface area contributed by atoms with Crippen LogP contribution in [0.4, 0.5) is 0 Å². The van der Waals surface area contributed by atoms with Gasteiger partial charge >= 0.3 is 0 Å². The molecule has 2 heterocycles. The van der Waals surface area contributed by atoms with Crippen LogP contribution in [-0.2, 0) is 19.3 Å². The van der Waals surface area contributed by atoms with Crippen LogP contribution in [0.5, 0.6) is 0 Å². The second-order valence-corrected chi connectivity index (χ2v) is 4.38. The van der Waals surface area contributed by atoms with Gasteiger partial charge in [0.05, 0.1) is 0 Å². The maximum Gasteiger partial charge on any atom is 0.137 e. The van der Waals surface area contributed by atoms with Gasteiger partial charge in [-0.3, -0.25) is 0 Å². The average molecular weight is 200 g/mol. The van der Waals surface area contributed by atoms with E-state index < -0.39 is 0 Å². The maximum absolute atomic E-state index is 4.50. The van der Waals surface area contributed by atoms with Gasteiger partial charge in [0.15, 0.2) is 0 Å². The molecule has 15 heavy (non-hydrogen) atoms. The van der Waals surface area contributed by atoms with E-state index in [1.54, 1.807) is 0 Å². The van der Waals surface area contributed by atoms with Gasteiger partial charge in [0.2, 0.25) is 0 Å². The first kappa shape index (κ1) is 8.96. The number of aryl methyl sites for hydroxylation is 3. The van der Waals surface area contributed by atoms with Gasteiger partial charge < -0.3 is 4.98 Å². The van der Waals surface area contributed by atoms with E-state index in [9.17, 15) is 0 Å². The summed E-state index contributed by atoms with van der Waals surface area (Å²) in [6.45, 7) is 2.18. The highest BCUT2D eigenvalue weighted by molar-refractivity contribution is 5.82. The smallest absolute Gasteiger partial charge is 0.137 e. The van der Waals surface area contributed by atoms with Crippen LogP contribution in [0, 0.1) is 0 Å². The van der Waals surface area contributed by atoms with Gasteiger partial charge in [0.25, 0.3) is 0 Å². The molecule has 2 nitrogen and oxygen atoms in total. The summed E-state index contributed by atoms with van der Waals surface area (Å²) in [5.74, 6) is 0. The fourth-order valence-electron chi connectivity index (χ4n) is 2.51. The molecule has 0 aliphatic heterocycles. The van der Waals surface area contributed by atoms with Gasteiger partial charge in [0, 0.05) is 17.3 Å². The molecule has 0 aromatic carbocycles. The Morgan fingerprint density at radius 3 is 3.07 bits per heavy atom. The highest BCUT2D eigenvalue weighted by atomic mass is 14.9. The number of pyridine rings is 1. The van der Waals surface area contributed by atoms with Gasteiger partial charge in [-0.1, -0.05) is 6.92 Å². The molecule has 0 saturated heterocycles. The molecule has 1 aliphatic rings. The zero-order valence-electron chi connectivity index (χ0n) is 9.14. The maximum atomic E-state index is 4.50. The van der Waals surface area contributed by atoms with Crippen LogP contribution in [-0.4, -0.2) is 9.97 Å². The molecule has 0 radical (unpaired) electrons. The molecule has 0 unspecified atom stereocenters. The Morgan fingerprint density at radius 2 is 2.20 bits per heavy atom. The third-order valence-electron chi connectivity index (χ3n) is 3.41. The quantitative estimate of drug-likeness (QED) is 0.753. The first-order valence-corrected chi connectivity index (χ1v) is 5.87. The summed E-state index contributed by atoms with van der Waals surface area (Å²) in [6.07, 6.45) is 8.14. The second kappa shape index (κ2) is 3.37. The molecule has 1 aliphatic carbocycles. The first-order valence-electron chi connectivity index (χ1n) is 5.87. The molecule has 3 rings (SSSR count). The molecule has 1 N–H and O–H groups in total. The van der Waals surface area contributed by atoms with E-state index in [1.807, 2.05) is 6.20 Å². The molecule has 2 aromatic heterocycles. The third-order valence-corrected chi connectivity index (χ3v) is 3.41. The van der Waals surface area contributed by atoms with Crippen LogP contribution in [0.15, 0.2) is 12.3 Å². The average Bonchev–Trinajstić information content (AvgIpc) is 2.66. The summed E-state index contributed by atoms with van der Waals surface area (Å²) in [5, 5.41) is 1.36. The summed E-state index contributed by atoms with van der Waals surface area (Å²) >= 11 is 0. The zero-order valence-corrected chi connectivity index (χ0v) is 9.14. The molecule has 0 atom stereocenters. The zero-order chi connectivity index (χ0) is 10.3. The number of nitrogens with zero attached hydrogens (tertiary/aromatic N) is 1. The van der Waals surface area contributed by atoms with Crippen molar-refractivity contribution in [1.82, 2.24) is 9.97 Å². The minimum Gasteiger partial charge on any atom is -0.343 e. The summed E-state index contributed by atoms with van der Waals surface area (Å²) in [4.78, 5) is 7.96. The van der Waals surface area contributed by atoms with Crippen LogP contribution in [0.25, 0.3) is 11.0 Å². The monoisotopic (exact) mass is 200 g/mol. The van der Waals surface area contributed by atoms with Gasteiger partial charge in [-0.15, -0.1) is 0 Å². The van der Waals surface area contributed by atoms with E-state index in [0.717, 1.165) is 12.1 Å². The van der Waals surface area contributed by atoms with Gasteiger partial charge in [-0.05, 0) is 49.3 Å². The molecular weight excluding hydrogens is 184 g/mol. The fourth-order valence-corrected chi connectivity index (χ4v) is 2.51. The Balaban J connectivity index is 2.24. The Labute approximate surface area is 89.7 Å². The number of hydrogen-bond acceptors (Lipinski definition) is 1.